The van der Waals surface area contributed by atoms with E-state index in [2.05, 4.69) is 14.9 Å². The van der Waals surface area contributed by atoms with Gasteiger partial charge in [-0.1, -0.05) is 23.7 Å². The van der Waals surface area contributed by atoms with Crippen molar-refractivity contribution in [3.05, 3.63) is 63.6 Å². The summed E-state index contributed by atoms with van der Waals surface area (Å²) < 4.78 is 38.1. The first-order valence-electron chi connectivity index (χ1n) is 9.11. The Labute approximate surface area is 180 Å². The molecule has 2 aromatic rings. The molecule has 0 radical (unpaired) electrons. The van der Waals surface area contributed by atoms with Gasteiger partial charge in [0, 0.05) is 32.4 Å². The lowest BCUT2D eigenvalue weighted by molar-refractivity contribution is -0.137. The van der Waals surface area contributed by atoms with Gasteiger partial charge in [-0.2, -0.15) is 18.2 Å². The molecule has 3 heterocycles. The molecule has 1 amide bonds. The molecule has 0 saturated carbocycles. The van der Waals surface area contributed by atoms with E-state index in [0.717, 1.165) is 18.0 Å². The molecule has 4 rings (SSSR count). The molecular formula is C20H16ClF3N4OS. The van der Waals surface area contributed by atoms with Crippen molar-refractivity contribution in [1.82, 2.24) is 9.88 Å². The van der Waals surface area contributed by atoms with Gasteiger partial charge in [0.1, 0.15) is 5.82 Å². The molecule has 156 valence electrons. The summed E-state index contributed by atoms with van der Waals surface area (Å²) in [6, 6.07) is 8.26. The van der Waals surface area contributed by atoms with Crippen LogP contribution in [0.4, 0.5) is 19.0 Å². The Kier molecular flexibility index (Phi) is 5.75. The van der Waals surface area contributed by atoms with Crippen LogP contribution in [0.25, 0.3) is 6.08 Å². The first-order chi connectivity index (χ1) is 14.3. The molecular weight excluding hydrogens is 437 g/mol. The highest BCUT2D eigenvalue weighted by Crippen LogP contribution is 2.33. The van der Waals surface area contributed by atoms with Gasteiger partial charge in [0.15, 0.2) is 5.17 Å². The summed E-state index contributed by atoms with van der Waals surface area (Å²) in [4.78, 5) is 25.2. The molecule has 5 nitrogen and oxygen atoms in total. The van der Waals surface area contributed by atoms with Crippen LogP contribution in [0.2, 0.25) is 5.02 Å². The van der Waals surface area contributed by atoms with Gasteiger partial charge in [0.2, 0.25) is 0 Å². The van der Waals surface area contributed by atoms with Crippen LogP contribution in [0.15, 0.2) is 52.5 Å². The lowest BCUT2D eigenvalue weighted by Crippen LogP contribution is -2.48. The fourth-order valence-electron chi connectivity index (χ4n) is 3.17. The predicted molar refractivity (Wildman–Crippen MR) is 112 cm³/mol. The molecule has 1 aromatic carbocycles. The highest BCUT2D eigenvalue weighted by Gasteiger charge is 2.31. The second kappa shape index (κ2) is 8.31. The van der Waals surface area contributed by atoms with Crippen LogP contribution in [-0.2, 0) is 11.0 Å². The number of pyridine rings is 1. The fraction of sp³-hybridized carbons (Fsp3) is 0.250. The number of alkyl halides is 3. The van der Waals surface area contributed by atoms with Gasteiger partial charge < -0.3 is 9.80 Å². The van der Waals surface area contributed by atoms with E-state index in [0.29, 0.717) is 46.8 Å². The van der Waals surface area contributed by atoms with Crippen LogP contribution in [0.3, 0.4) is 0 Å². The largest absolute Gasteiger partial charge is 0.416 e. The molecule has 30 heavy (non-hydrogen) atoms. The van der Waals surface area contributed by atoms with Gasteiger partial charge in [-0.05, 0) is 47.7 Å². The minimum absolute atomic E-state index is 0.384. The third-order valence-electron chi connectivity index (χ3n) is 4.73. The molecule has 2 aliphatic heterocycles. The standard InChI is InChI=1S/C20H16ClF3N4OS/c21-15-2-1-7-25-17(15)27-8-10-28(11-9-27)19-26-18(29)16(30-19)12-13-3-5-14(6-4-13)20(22,23)24/h1-7,12H,8-11H2/b16-12-. The molecule has 2 aliphatic rings. The van der Waals surface area contributed by atoms with E-state index in [1.807, 2.05) is 4.90 Å². The van der Waals surface area contributed by atoms with Gasteiger partial charge in [0.05, 0.1) is 15.5 Å². The number of hydrogen-bond acceptors (Lipinski definition) is 5. The average Bonchev–Trinajstić information content (AvgIpc) is 3.09. The third-order valence-corrected chi connectivity index (χ3v) is 6.07. The first-order valence-corrected chi connectivity index (χ1v) is 10.3. The van der Waals surface area contributed by atoms with Gasteiger partial charge in [-0.15, -0.1) is 0 Å². The number of carbonyl (C=O) groups excluding carboxylic acids is 1. The molecule has 0 N–H and O–H groups in total. The predicted octanol–water partition coefficient (Wildman–Crippen LogP) is 4.55. The zero-order chi connectivity index (χ0) is 21.3. The number of aliphatic imine (C=N–C) groups is 1. The minimum atomic E-state index is -4.39. The van der Waals surface area contributed by atoms with E-state index < -0.39 is 11.7 Å². The molecule has 0 spiro atoms. The van der Waals surface area contributed by atoms with E-state index >= 15 is 0 Å². The minimum Gasteiger partial charge on any atom is -0.352 e. The Bertz CT molecular complexity index is 1020. The molecule has 10 heteroatoms. The van der Waals surface area contributed by atoms with Crippen LogP contribution >= 0.6 is 23.4 Å². The van der Waals surface area contributed by atoms with E-state index in [1.165, 1.54) is 23.9 Å². The molecule has 1 aromatic heterocycles. The van der Waals surface area contributed by atoms with Crippen LogP contribution < -0.4 is 4.90 Å². The number of aromatic nitrogens is 1. The lowest BCUT2D eigenvalue weighted by atomic mass is 10.1. The topological polar surface area (TPSA) is 48.8 Å². The Morgan fingerprint density at radius 2 is 1.70 bits per heavy atom. The van der Waals surface area contributed by atoms with E-state index in [1.54, 1.807) is 24.4 Å². The summed E-state index contributed by atoms with van der Waals surface area (Å²) >= 11 is 7.45. The van der Waals surface area contributed by atoms with Crippen molar-refractivity contribution in [1.29, 1.82) is 0 Å². The molecule has 1 saturated heterocycles. The number of amides is 1. The quantitative estimate of drug-likeness (QED) is 0.626. The van der Waals surface area contributed by atoms with Crippen LogP contribution in [0, 0.1) is 0 Å². The number of halogens is 4. The van der Waals surface area contributed by atoms with Crippen molar-refractivity contribution in [2.45, 2.75) is 6.18 Å². The Morgan fingerprint density at radius 1 is 1.03 bits per heavy atom. The summed E-state index contributed by atoms with van der Waals surface area (Å²) in [6.07, 6.45) is -1.13. The summed E-state index contributed by atoms with van der Waals surface area (Å²) in [5, 5.41) is 1.19. The average molecular weight is 453 g/mol. The lowest BCUT2D eigenvalue weighted by Gasteiger charge is -2.36. The van der Waals surface area contributed by atoms with Crippen molar-refractivity contribution in [3.8, 4) is 0 Å². The Balaban J connectivity index is 1.40. The molecule has 0 bridgehead atoms. The summed E-state index contributed by atoms with van der Waals surface area (Å²) in [5.41, 5.74) is -0.206. The summed E-state index contributed by atoms with van der Waals surface area (Å²) in [5.74, 6) is 0.351. The first kappa shape index (κ1) is 20.7. The molecule has 1 fully saturated rings. The molecule has 0 atom stereocenters. The molecule has 0 unspecified atom stereocenters. The second-order valence-electron chi connectivity index (χ2n) is 6.71. The number of piperazine rings is 1. The van der Waals surface area contributed by atoms with Gasteiger partial charge in [-0.3, -0.25) is 4.79 Å². The van der Waals surface area contributed by atoms with Gasteiger partial charge in [-0.25, -0.2) is 4.98 Å². The zero-order valence-corrected chi connectivity index (χ0v) is 17.1. The Hall–Kier alpha value is -2.52. The van der Waals surface area contributed by atoms with Gasteiger partial charge in [0.25, 0.3) is 5.91 Å². The zero-order valence-electron chi connectivity index (χ0n) is 15.6. The number of hydrogen-bond donors (Lipinski definition) is 0. The van der Waals surface area contributed by atoms with E-state index in [9.17, 15) is 18.0 Å². The number of benzene rings is 1. The number of anilines is 1. The number of rotatable bonds is 2. The highest BCUT2D eigenvalue weighted by molar-refractivity contribution is 8.18. The maximum atomic E-state index is 12.7. The normalized spacial score (nSPS) is 18.9. The van der Waals surface area contributed by atoms with Crippen molar-refractivity contribution in [2.75, 3.05) is 31.1 Å². The van der Waals surface area contributed by atoms with Crippen LogP contribution in [-0.4, -0.2) is 47.1 Å². The second-order valence-corrected chi connectivity index (χ2v) is 8.13. The fourth-order valence-corrected chi connectivity index (χ4v) is 4.38. The number of nitrogens with zero attached hydrogens (tertiary/aromatic N) is 4. The summed E-state index contributed by atoms with van der Waals surface area (Å²) in [6.45, 7) is 2.67. The monoisotopic (exact) mass is 452 g/mol. The van der Waals surface area contributed by atoms with Crippen LogP contribution in [0.5, 0.6) is 0 Å². The van der Waals surface area contributed by atoms with Crippen molar-refractivity contribution >= 4 is 46.3 Å². The van der Waals surface area contributed by atoms with Gasteiger partial charge >= 0.3 is 6.18 Å². The van der Waals surface area contributed by atoms with E-state index in [4.69, 9.17) is 11.6 Å². The maximum absolute atomic E-state index is 12.7. The third kappa shape index (κ3) is 4.46. The SMILES string of the molecule is O=C1N=C(N2CCN(c3ncccc3Cl)CC2)S/C1=C\c1ccc(C(F)(F)F)cc1. The summed E-state index contributed by atoms with van der Waals surface area (Å²) in [7, 11) is 0. The number of thioether (sulfide) groups is 1. The Morgan fingerprint density at radius 3 is 2.33 bits per heavy atom. The highest BCUT2D eigenvalue weighted by atomic mass is 35.5. The van der Waals surface area contributed by atoms with Crippen molar-refractivity contribution in [3.63, 3.8) is 0 Å². The number of carbonyl (C=O) groups is 1. The van der Waals surface area contributed by atoms with E-state index in [-0.39, 0.29) is 5.91 Å². The maximum Gasteiger partial charge on any atom is 0.416 e. The van der Waals surface area contributed by atoms with Crippen molar-refractivity contribution in [2.24, 2.45) is 4.99 Å². The van der Waals surface area contributed by atoms with Crippen LogP contribution in [0.1, 0.15) is 11.1 Å². The van der Waals surface area contributed by atoms with Crippen molar-refractivity contribution < 1.29 is 18.0 Å². The number of amidine groups is 1. The molecule has 0 aliphatic carbocycles. The smallest absolute Gasteiger partial charge is 0.352 e.